The second kappa shape index (κ2) is 6.31. The number of anilines is 2. The third-order valence-corrected chi connectivity index (χ3v) is 4.16. The van der Waals surface area contributed by atoms with Crippen LogP contribution < -0.4 is 10.2 Å². The molecule has 0 atom stereocenters. The Morgan fingerprint density at radius 2 is 1.81 bits per heavy atom. The number of rotatable bonds is 3. The highest BCUT2D eigenvalue weighted by atomic mass is 79.9. The number of halogens is 1. The van der Waals surface area contributed by atoms with Crippen LogP contribution in [0.15, 0.2) is 53.0 Å². The number of hydrogen-bond acceptors (Lipinski definition) is 2. The molecule has 2 aromatic rings. The van der Waals surface area contributed by atoms with Crippen molar-refractivity contribution in [3.8, 4) is 0 Å². The molecule has 1 N–H and O–H groups in total. The topological polar surface area (TPSA) is 32.3 Å². The zero-order valence-electron chi connectivity index (χ0n) is 11.7. The van der Waals surface area contributed by atoms with Crippen molar-refractivity contribution in [2.24, 2.45) is 0 Å². The summed E-state index contributed by atoms with van der Waals surface area (Å²) in [6.45, 7) is 2.20. The van der Waals surface area contributed by atoms with Gasteiger partial charge in [-0.3, -0.25) is 4.79 Å². The van der Waals surface area contributed by atoms with Crippen molar-refractivity contribution >= 4 is 33.2 Å². The van der Waals surface area contributed by atoms with Gasteiger partial charge in [0.1, 0.15) is 0 Å². The van der Waals surface area contributed by atoms with Crippen molar-refractivity contribution in [2.45, 2.75) is 12.8 Å². The van der Waals surface area contributed by atoms with Crippen LogP contribution in [0, 0.1) is 0 Å². The fraction of sp³-hybridized carbons (Fsp3) is 0.235. The van der Waals surface area contributed by atoms with E-state index in [1.807, 2.05) is 42.5 Å². The average Bonchev–Trinajstić information content (AvgIpc) is 3.02. The third kappa shape index (κ3) is 3.45. The van der Waals surface area contributed by atoms with Crippen molar-refractivity contribution in [1.82, 2.24) is 0 Å². The molecule has 1 saturated heterocycles. The molecular weight excluding hydrogens is 328 g/mol. The van der Waals surface area contributed by atoms with Gasteiger partial charge in [0.25, 0.3) is 5.91 Å². The molecule has 0 unspecified atom stereocenters. The zero-order chi connectivity index (χ0) is 14.7. The highest BCUT2D eigenvalue weighted by molar-refractivity contribution is 9.10. The standard InChI is InChI=1S/C17H17BrN2O/c18-14-6-3-5-13(11-14)17(21)19-15-7-4-8-16(12-15)20-9-1-2-10-20/h3-8,11-12H,1-2,9-10H2,(H,19,21). The molecule has 1 fully saturated rings. The second-order valence-electron chi connectivity index (χ2n) is 5.21. The molecule has 1 aliphatic heterocycles. The average molecular weight is 345 g/mol. The highest BCUT2D eigenvalue weighted by Gasteiger charge is 2.13. The summed E-state index contributed by atoms with van der Waals surface area (Å²) >= 11 is 3.39. The van der Waals surface area contributed by atoms with Gasteiger partial charge in [0.15, 0.2) is 0 Å². The van der Waals surface area contributed by atoms with Crippen molar-refractivity contribution < 1.29 is 4.79 Å². The van der Waals surface area contributed by atoms with Gasteiger partial charge in [0, 0.05) is 34.5 Å². The first kappa shape index (κ1) is 14.1. The summed E-state index contributed by atoms with van der Waals surface area (Å²) in [4.78, 5) is 14.6. The van der Waals surface area contributed by atoms with E-state index in [0.29, 0.717) is 5.56 Å². The van der Waals surface area contributed by atoms with Gasteiger partial charge in [-0.15, -0.1) is 0 Å². The number of carbonyl (C=O) groups excluding carboxylic acids is 1. The molecule has 0 saturated carbocycles. The molecule has 3 nitrogen and oxygen atoms in total. The lowest BCUT2D eigenvalue weighted by Gasteiger charge is -2.18. The molecule has 0 spiro atoms. The van der Waals surface area contributed by atoms with E-state index in [0.717, 1.165) is 23.2 Å². The van der Waals surface area contributed by atoms with Crippen molar-refractivity contribution in [3.63, 3.8) is 0 Å². The Morgan fingerprint density at radius 1 is 1.05 bits per heavy atom. The Hall–Kier alpha value is -1.81. The predicted molar refractivity (Wildman–Crippen MR) is 90.0 cm³/mol. The summed E-state index contributed by atoms with van der Waals surface area (Å²) in [7, 11) is 0. The summed E-state index contributed by atoms with van der Waals surface area (Å²) in [6.07, 6.45) is 2.49. The Bertz CT molecular complexity index is 651. The minimum absolute atomic E-state index is 0.0881. The first-order valence-corrected chi connectivity index (χ1v) is 7.93. The SMILES string of the molecule is O=C(Nc1cccc(N2CCCC2)c1)c1cccc(Br)c1. The molecule has 4 heteroatoms. The van der Waals surface area contributed by atoms with Gasteiger partial charge >= 0.3 is 0 Å². The van der Waals surface area contributed by atoms with Crippen LogP contribution in [0.5, 0.6) is 0 Å². The molecule has 0 radical (unpaired) electrons. The van der Waals surface area contributed by atoms with Gasteiger partial charge in [0.2, 0.25) is 0 Å². The molecule has 3 rings (SSSR count). The predicted octanol–water partition coefficient (Wildman–Crippen LogP) is 4.30. The van der Waals surface area contributed by atoms with E-state index >= 15 is 0 Å². The summed E-state index contributed by atoms with van der Waals surface area (Å²) in [5.41, 5.74) is 2.67. The number of hydrogen-bond donors (Lipinski definition) is 1. The fourth-order valence-corrected chi connectivity index (χ4v) is 2.99. The van der Waals surface area contributed by atoms with Gasteiger partial charge < -0.3 is 10.2 Å². The highest BCUT2D eigenvalue weighted by Crippen LogP contribution is 2.23. The van der Waals surface area contributed by atoms with Gasteiger partial charge in [-0.1, -0.05) is 28.1 Å². The summed E-state index contributed by atoms with van der Waals surface area (Å²) in [5, 5.41) is 2.96. The first-order valence-electron chi connectivity index (χ1n) is 7.14. The zero-order valence-corrected chi connectivity index (χ0v) is 13.3. The van der Waals surface area contributed by atoms with Crippen LogP contribution in [0.3, 0.4) is 0 Å². The van der Waals surface area contributed by atoms with E-state index in [1.165, 1.54) is 18.5 Å². The molecule has 1 amide bonds. The molecule has 0 aliphatic carbocycles. The van der Waals surface area contributed by atoms with E-state index in [-0.39, 0.29) is 5.91 Å². The normalized spacial score (nSPS) is 14.2. The molecule has 2 aromatic carbocycles. The Balaban J connectivity index is 1.75. The Labute approximate surface area is 133 Å². The van der Waals surface area contributed by atoms with Crippen molar-refractivity contribution in [2.75, 3.05) is 23.3 Å². The Morgan fingerprint density at radius 3 is 2.57 bits per heavy atom. The van der Waals surface area contributed by atoms with E-state index in [2.05, 4.69) is 32.2 Å². The van der Waals surface area contributed by atoms with Crippen LogP contribution in [-0.4, -0.2) is 19.0 Å². The Kier molecular flexibility index (Phi) is 4.25. The third-order valence-electron chi connectivity index (χ3n) is 3.66. The van der Waals surface area contributed by atoms with Gasteiger partial charge in [0.05, 0.1) is 0 Å². The minimum atomic E-state index is -0.0881. The maximum atomic E-state index is 12.3. The van der Waals surface area contributed by atoms with Gasteiger partial charge in [-0.2, -0.15) is 0 Å². The summed E-state index contributed by atoms with van der Waals surface area (Å²) < 4.78 is 0.904. The minimum Gasteiger partial charge on any atom is -0.371 e. The molecule has 1 heterocycles. The molecular formula is C17H17BrN2O. The number of nitrogens with zero attached hydrogens (tertiary/aromatic N) is 1. The number of carbonyl (C=O) groups is 1. The number of amides is 1. The van der Waals surface area contributed by atoms with Crippen molar-refractivity contribution in [1.29, 1.82) is 0 Å². The van der Waals surface area contributed by atoms with Gasteiger partial charge in [-0.05, 0) is 49.2 Å². The van der Waals surface area contributed by atoms with E-state index in [1.54, 1.807) is 0 Å². The maximum Gasteiger partial charge on any atom is 0.255 e. The summed E-state index contributed by atoms with van der Waals surface area (Å²) in [6, 6.07) is 15.5. The van der Waals surface area contributed by atoms with Crippen LogP contribution in [-0.2, 0) is 0 Å². The second-order valence-corrected chi connectivity index (χ2v) is 6.12. The largest absolute Gasteiger partial charge is 0.371 e. The fourth-order valence-electron chi connectivity index (χ4n) is 2.59. The molecule has 1 aliphatic rings. The maximum absolute atomic E-state index is 12.3. The van der Waals surface area contributed by atoms with Crippen LogP contribution >= 0.6 is 15.9 Å². The monoisotopic (exact) mass is 344 g/mol. The lowest BCUT2D eigenvalue weighted by molar-refractivity contribution is 0.102. The number of benzene rings is 2. The van der Waals surface area contributed by atoms with E-state index in [9.17, 15) is 4.79 Å². The summed E-state index contributed by atoms with van der Waals surface area (Å²) in [5.74, 6) is -0.0881. The molecule has 0 bridgehead atoms. The van der Waals surface area contributed by atoms with Gasteiger partial charge in [-0.25, -0.2) is 0 Å². The lowest BCUT2D eigenvalue weighted by Crippen LogP contribution is -2.18. The van der Waals surface area contributed by atoms with Crippen LogP contribution in [0.1, 0.15) is 23.2 Å². The molecule has 0 aromatic heterocycles. The smallest absolute Gasteiger partial charge is 0.255 e. The van der Waals surface area contributed by atoms with Crippen LogP contribution in [0.2, 0.25) is 0 Å². The molecule has 108 valence electrons. The quantitative estimate of drug-likeness (QED) is 0.900. The van der Waals surface area contributed by atoms with Crippen LogP contribution in [0.4, 0.5) is 11.4 Å². The molecule has 21 heavy (non-hydrogen) atoms. The van der Waals surface area contributed by atoms with E-state index in [4.69, 9.17) is 0 Å². The lowest BCUT2D eigenvalue weighted by atomic mass is 10.2. The van der Waals surface area contributed by atoms with Crippen molar-refractivity contribution in [3.05, 3.63) is 58.6 Å². The van der Waals surface area contributed by atoms with E-state index < -0.39 is 0 Å². The van der Waals surface area contributed by atoms with Crippen LogP contribution in [0.25, 0.3) is 0 Å². The number of nitrogens with one attached hydrogen (secondary N) is 1. The first-order chi connectivity index (χ1) is 10.2.